The Labute approximate surface area is 243 Å². The van der Waals surface area contributed by atoms with Gasteiger partial charge in [0.05, 0.1) is 0 Å². The van der Waals surface area contributed by atoms with Crippen LogP contribution in [0.25, 0.3) is 87.6 Å². The standard InChI is InChI=1S/C41H26O/c1-25-10-12-26(13-11-25)31-19-14-27-17-22-36-33(20-15-28-16-21-35(31)40(27)41(28)36)32-7-3-2-6-30(32)29-18-23-39-37(24-29)34-8-4-5-9-38(34)42-39/h2-24H,1H3. The molecular formula is C41H26O. The number of fused-ring (bicyclic) bond motifs is 3. The zero-order valence-electron chi connectivity index (χ0n) is 23.2. The Morgan fingerprint density at radius 2 is 0.976 bits per heavy atom. The molecule has 9 rings (SSSR count). The first-order chi connectivity index (χ1) is 20.7. The number of furan rings is 1. The van der Waals surface area contributed by atoms with Crippen LogP contribution in [0, 0.1) is 6.92 Å². The van der Waals surface area contributed by atoms with E-state index < -0.39 is 0 Å². The van der Waals surface area contributed by atoms with Crippen LogP contribution in [0.3, 0.4) is 0 Å². The van der Waals surface area contributed by atoms with Crippen LogP contribution < -0.4 is 0 Å². The minimum absolute atomic E-state index is 0.921. The molecule has 196 valence electrons. The van der Waals surface area contributed by atoms with Crippen molar-refractivity contribution in [1.29, 1.82) is 0 Å². The molecule has 1 heteroatoms. The maximum Gasteiger partial charge on any atom is 0.135 e. The Morgan fingerprint density at radius 3 is 1.76 bits per heavy atom. The van der Waals surface area contributed by atoms with Crippen LogP contribution in [-0.2, 0) is 0 Å². The van der Waals surface area contributed by atoms with Crippen LogP contribution in [0.15, 0.2) is 144 Å². The van der Waals surface area contributed by atoms with Crippen LogP contribution in [0.2, 0.25) is 0 Å². The van der Waals surface area contributed by atoms with Crippen LogP contribution in [0.5, 0.6) is 0 Å². The summed E-state index contributed by atoms with van der Waals surface area (Å²) in [6.07, 6.45) is 0. The summed E-state index contributed by atoms with van der Waals surface area (Å²) in [5.74, 6) is 0. The van der Waals surface area contributed by atoms with Crippen molar-refractivity contribution in [1.82, 2.24) is 0 Å². The summed E-state index contributed by atoms with van der Waals surface area (Å²) in [5, 5.41) is 10.1. The van der Waals surface area contributed by atoms with Gasteiger partial charge in [-0.15, -0.1) is 0 Å². The molecule has 1 nitrogen and oxygen atoms in total. The molecule has 8 aromatic carbocycles. The second kappa shape index (κ2) is 8.80. The van der Waals surface area contributed by atoms with Crippen molar-refractivity contribution in [3.63, 3.8) is 0 Å². The van der Waals surface area contributed by atoms with E-state index >= 15 is 0 Å². The lowest BCUT2D eigenvalue weighted by atomic mass is 9.85. The second-order valence-electron chi connectivity index (χ2n) is 11.4. The smallest absolute Gasteiger partial charge is 0.135 e. The Balaban J connectivity index is 1.29. The molecule has 0 unspecified atom stereocenters. The van der Waals surface area contributed by atoms with Crippen molar-refractivity contribution in [2.75, 3.05) is 0 Å². The third kappa shape index (κ3) is 3.37. The maximum atomic E-state index is 6.13. The Bertz CT molecular complexity index is 2460. The summed E-state index contributed by atoms with van der Waals surface area (Å²) in [6, 6.07) is 50.9. The summed E-state index contributed by atoms with van der Waals surface area (Å²) in [5.41, 5.74) is 10.6. The van der Waals surface area contributed by atoms with Crippen molar-refractivity contribution in [3.8, 4) is 33.4 Å². The quantitative estimate of drug-likeness (QED) is 0.205. The number of aryl methyl sites for hydroxylation is 1. The molecule has 1 heterocycles. The summed E-state index contributed by atoms with van der Waals surface area (Å²) in [6.45, 7) is 2.14. The van der Waals surface area contributed by atoms with Crippen molar-refractivity contribution < 1.29 is 4.42 Å². The van der Waals surface area contributed by atoms with Gasteiger partial charge in [0, 0.05) is 10.8 Å². The molecule has 9 aromatic rings. The van der Waals surface area contributed by atoms with Crippen LogP contribution >= 0.6 is 0 Å². The van der Waals surface area contributed by atoms with Gasteiger partial charge in [0.15, 0.2) is 0 Å². The minimum atomic E-state index is 0.921. The van der Waals surface area contributed by atoms with E-state index in [9.17, 15) is 0 Å². The van der Waals surface area contributed by atoms with E-state index in [0.717, 1.165) is 21.9 Å². The highest BCUT2D eigenvalue weighted by Gasteiger charge is 2.17. The maximum absolute atomic E-state index is 6.13. The molecule has 0 radical (unpaired) electrons. The molecule has 0 saturated heterocycles. The van der Waals surface area contributed by atoms with E-state index in [-0.39, 0.29) is 0 Å². The number of benzene rings is 8. The molecule has 1 aromatic heterocycles. The molecule has 0 fully saturated rings. The lowest BCUT2D eigenvalue weighted by molar-refractivity contribution is 0.669. The van der Waals surface area contributed by atoms with Gasteiger partial charge >= 0.3 is 0 Å². The lowest BCUT2D eigenvalue weighted by Crippen LogP contribution is -1.91. The van der Waals surface area contributed by atoms with Crippen LogP contribution in [-0.4, -0.2) is 0 Å². The third-order valence-corrected chi connectivity index (χ3v) is 8.93. The Morgan fingerprint density at radius 1 is 0.381 bits per heavy atom. The van der Waals surface area contributed by atoms with Gasteiger partial charge in [-0.2, -0.15) is 0 Å². The normalized spacial score (nSPS) is 11.9. The molecule has 0 spiro atoms. The topological polar surface area (TPSA) is 13.1 Å². The highest BCUT2D eigenvalue weighted by Crippen LogP contribution is 2.44. The first-order valence-corrected chi connectivity index (χ1v) is 14.5. The van der Waals surface area contributed by atoms with Crippen molar-refractivity contribution in [2.45, 2.75) is 6.92 Å². The number of rotatable bonds is 3. The van der Waals surface area contributed by atoms with E-state index in [0.29, 0.717) is 0 Å². The van der Waals surface area contributed by atoms with Gasteiger partial charge in [-0.1, -0.05) is 127 Å². The molecule has 0 N–H and O–H groups in total. The largest absolute Gasteiger partial charge is 0.456 e. The van der Waals surface area contributed by atoms with Gasteiger partial charge in [-0.05, 0) is 90.8 Å². The molecule has 0 aliphatic heterocycles. The summed E-state index contributed by atoms with van der Waals surface area (Å²) in [7, 11) is 0. The highest BCUT2D eigenvalue weighted by molar-refractivity contribution is 6.27. The average Bonchev–Trinajstić information content (AvgIpc) is 3.42. The van der Waals surface area contributed by atoms with E-state index in [4.69, 9.17) is 4.42 Å². The van der Waals surface area contributed by atoms with Crippen molar-refractivity contribution >= 4 is 54.3 Å². The number of para-hydroxylation sites is 1. The highest BCUT2D eigenvalue weighted by atomic mass is 16.3. The Kier molecular flexibility index (Phi) is 4.88. The van der Waals surface area contributed by atoms with E-state index in [2.05, 4.69) is 134 Å². The monoisotopic (exact) mass is 534 g/mol. The lowest BCUT2D eigenvalue weighted by Gasteiger charge is -2.18. The molecule has 0 saturated carbocycles. The van der Waals surface area contributed by atoms with Gasteiger partial charge in [0.1, 0.15) is 11.2 Å². The van der Waals surface area contributed by atoms with Crippen molar-refractivity contribution in [2.24, 2.45) is 0 Å². The predicted molar refractivity (Wildman–Crippen MR) is 178 cm³/mol. The van der Waals surface area contributed by atoms with Gasteiger partial charge < -0.3 is 4.42 Å². The zero-order valence-corrected chi connectivity index (χ0v) is 23.2. The van der Waals surface area contributed by atoms with Gasteiger partial charge in [0.2, 0.25) is 0 Å². The summed E-state index contributed by atoms with van der Waals surface area (Å²) >= 11 is 0. The fraction of sp³-hybridized carbons (Fsp3) is 0.0244. The average molecular weight is 535 g/mol. The SMILES string of the molecule is Cc1ccc(-c2ccc3ccc4c(-c5ccccc5-c5ccc6oc7ccccc7c6c5)ccc5ccc2c3c54)cc1. The summed E-state index contributed by atoms with van der Waals surface area (Å²) < 4.78 is 6.13. The molecule has 42 heavy (non-hydrogen) atoms. The predicted octanol–water partition coefficient (Wildman–Crippen LogP) is 11.8. The molecule has 0 aliphatic carbocycles. The van der Waals surface area contributed by atoms with E-state index in [1.165, 1.54) is 71.3 Å². The van der Waals surface area contributed by atoms with E-state index in [1.54, 1.807) is 0 Å². The molecule has 0 aliphatic rings. The molecule has 0 amide bonds. The molecular weight excluding hydrogens is 508 g/mol. The van der Waals surface area contributed by atoms with E-state index in [1.807, 2.05) is 12.1 Å². The molecule has 0 bridgehead atoms. The van der Waals surface area contributed by atoms with Gasteiger partial charge in [-0.25, -0.2) is 0 Å². The van der Waals surface area contributed by atoms with Crippen LogP contribution in [0.1, 0.15) is 5.56 Å². The van der Waals surface area contributed by atoms with Gasteiger partial charge in [0.25, 0.3) is 0 Å². The second-order valence-corrected chi connectivity index (χ2v) is 11.4. The first-order valence-electron chi connectivity index (χ1n) is 14.5. The fourth-order valence-corrected chi connectivity index (χ4v) is 6.88. The fourth-order valence-electron chi connectivity index (χ4n) is 6.88. The third-order valence-electron chi connectivity index (χ3n) is 8.93. The minimum Gasteiger partial charge on any atom is -0.456 e. The number of hydrogen-bond acceptors (Lipinski definition) is 1. The van der Waals surface area contributed by atoms with Crippen LogP contribution in [0.4, 0.5) is 0 Å². The number of hydrogen-bond donors (Lipinski definition) is 0. The zero-order chi connectivity index (χ0) is 27.8. The van der Waals surface area contributed by atoms with Gasteiger partial charge in [-0.3, -0.25) is 0 Å². The summed E-state index contributed by atoms with van der Waals surface area (Å²) in [4.78, 5) is 0. The Hall–Kier alpha value is -5.40. The molecule has 0 atom stereocenters. The van der Waals surface area contributed by atoms with Crippen molar-refractivity contribution in [3.05, 3.63) is 145 Å². The first kappa shape index (κ1) is 23.3.